The van der Waals surface area contributed by atoms with Crippen LogP contribution < -0.4 is 5.56 Å². The second-order valence-electron chi connectivity index (χ2n) is 6.94. The highest BCUT2D eigenvalue weighted by Gasteiger charge is 2.29. The Hall–Kier alpha value is -3.02. The normalized spacial score (nSPS) is 16.8. The van der Waals surface area contributed by atoms with E-state index in [0.29, 0.717) is 36.2 Å². The number of carbonyl (C=O) groups excluding carboxylic acids is 1. The van der Waals surface area contributed by atoms with Crippen molar-refractivity contribution in [1.82, 2.24) is 14.7 Å². The highest BCUT2D eigenvalue weighted by atomic mass is 19.1. The predicted molar refractivity (Wildman–Crippen MR) is 101 cm³/mol. The van der Waals surface area contributed by atoms with Crippen LogP contribution in [0.25, 0.3) is 10.8 Å². The molecule has 0 spiro atoms. The summed E-state index contributed by atoms with van der Waals surface area (Å²) in [6.07, 6.45) is 0.714. The largest absolute Gasteiger partial charge is 0.340 e. The van der Waals surface area contributed by atoms with Gasteiger partial charge in [-0.3, -0.25) is 9.59 Å². The van der Waals surface area contributed by atoms with Crippen molar-refractivity contribution in [2.45, 2.75) is 25.8 Å². The van der Waals surface area contributed by atoms with E-state index in [1.54, 1.807) is 29.2 Å². The van der Waals surface area contributed by atoms with Crippen molar-refractivity contribution < 1.29 is 9.18 Å². The maximum atomic E-state index is 14.0. The molecule has 0 N–H and O–H groups in total. The van der Waals surface area contributed by atoms with Crippen LogP contribution in [0.1, 0.15) is 23.6 Å². The van der Waals surface area contributed by atoms with Crippen molar-refractivity contribution in [2.75, 3.05) is 13.1 Å². The van der Waals surface area contributed by atoms with Crippen LogP contribution in [0.4, 0.5) is 4.39 Å². The molecule has 4 rings (SSSR count). The first-order valence-corrected chi connectivity index (χ1v) is 9.03. The number of likely N-dealkylation sites (tertiary alicyclic amines) is 1. The molecule has 1 aromatic heterocycles. The standard InChI is InChI=1S/C21H20FN3O2/c1-14-16-6-2-3-8-18(16)21(27)25(23-14)13-20(26)24-11-10-15(12-24)17-7-4-5-9-19(17)22/h2-9,15H,10-13H2,1H3/t15-/m1/s1. The zero-order chi connectivity index (χ0) is 19.0. The van der Waals surface area contributed by atoms with Gasteiger partial charge in [0.1, 0.15) is 12.4 Å². The Labute approximate surface area is 156 Å². The fourth-order valence-corrected chi connectivity index (χ4v) is 3.79. The lowest BCUT2D eigenvalue weighted by Crippen LogP contribution is -2.36. The molecule has 0 unspecified atom stereocenters. The average molecular weight is 365 g/mol. The summed E-state index contributed by atoms with van der Waals surface area (Å²) in [5.74, 6) is -0.420. The van der Waals surface area contributed by atoms with Gasteiger partial charge in [0, 0.05) is 24.4 Å². The smallest absolute Gasteiger partial charge is 0.275 e. The van der Waals surface area contributed by atoms with Crippen LogP contribution in [-0.2, 0) is 11.3 Å². The minimum atomic E-state index is -0.269. The zero-order valence-corrected chi connectivity index (χ0v) is 15.1. The molecule has 5 nitrogen and oxygen atoms in total. The molecule has 27 heavy (non-hydrogen) atoms. The summed E-state index contributed by atoms with van der Waals surface area (Å²) in [6.45, 7) is 2.74. The molecule has 0 radical (unpaired) electrons. The number of carbonyl (C=O) groups is 1. The van der Waals surface area contributed by atoms with Gasteiger partial charge in [0.05, 0.1) is 11.1 Å². The highest BCUT2D eigenvalue weighted by molar-refractivity contribution is 5.83. The molecule has 0 saturated carbocycles. The zero-order valence-electron chi connectivity index (χ0n) is 15.1. The van der Waals surface area contributed by atoms with E-state index >= 15 is 0 Å². The van der Waals surface area contributed by atoms with Crippen LogP contribution in [0, 0.1) is 12.7 Å². The number of amides is 1. The summed E-state index contributed by atoms with van der Waals surface area (Å²) in [7, 11) is 0. The van der Waals surface area contributed by atoms with Crippen molar-refractivity contribution in [3.05, 3.63) is 76.0 Å². The molecule has 1 amide bonds. The Bertz CT molecular complexity index is 1080. The van der Waals surface area contributed by atoms with Crippen LogP contribution in [0.2, 0.25) is 0 Å². The molecule has 1 fully saturated rings. The van der Waals surface area contributed by atoms with Crippen molar-refractivity contribution in [1.29, 1.82) is 0 Å². The van der Waals surface area contributed by atoms with Gasteiger partial charge in [0.15, 0.2) is 0 Å². The predicted octanol–water partition coefficient (Wildman–Crippen LogP) is 2.86. The first kappa shape index (κ1) is 17.4. The Morgan fingerprint density at radius 1 is 1.15 bits per heavy atom. The molecule has 0 aliphatic carbocycles. The molecule has 138 valence electrons. The van der Waals surface area contributed by atoms with Gasteiger partial charge >= 0.3 is 0 Å². The summed E-state index contributed by atoms with van der Waals surface area (Å²) in [5.41, 5.74) is 1.09. The number of rotatable bonds is 3. The van der Waals surface area contributed by atoms with Gasteiger partial charge in [-0.2, -0.15) is 5.10 Å². The van der Waals surface area contributed by atoms with E-state index in [1.165, 1.54) is 10.7 Å². The summed E-state index contributed by atoms with van der Waals surface area (Å²) in [6, 6.07) is 13.9. The maximum absolute atomic E-state index is 14.0. The molecular formula is C21H20FN3O2. The topological polar surface area (TPSA) is 55.2 Å². The minimum absolute atomic E-state index is 0.0156. The molecule has 2 heterocycles. The van der Waals surface area contributed by atoms with E-state index in [2.05, 4.69) is 5.10 Å². The van der Waals surface area contributed by atoms with Gasteiger partial charge in [-0.15, -0.1) is 0 Å². The number of halogens is 1. The third kappa shape index (κ3) is 3.23. The third-order valence-electron chi connectivity index (χ3n) is 5.22. The number of aromatic nitrogens is 2. The van der Waals surface area contributed by atoms with Gasteiger partial charge in [0.2, 0.25) is 5.91 Å². The van der Waals surface area contributed by atoms with E-state index in [1.807, 2.05) is 25.1 Å². The first-order valence-electron chi connectivity index (χ1n) is 9.03. The van der Waals surface area contributed by atoms with Crippen molar-refractivity contribution in [3.8, 4) is 0 Å². The Balaban J connectivity index is 1.54. The summed E-state index contributed by atoms with van der Waals surface area (Å²) in [5, 5.41) is 5.66. The van der Waals surface area contributed by atoms with Crippen molar-refractivity contribution >= 4 is 16.7 Å². The number of nitrogens with zero attached hydrogens (tertiary/aromatic N) is 3. The molecule has 1 aliphatic heterocycles. The molecule has 1 saturated heterocycles. The fraction of sp³-hybridized carbons (Fsp3) is 0.286. The Morgan fingerprint density at radius 2 is 1.85 bits per heavy atom. The average Bonchev–Trinajstić information content (AvgIpc) is 3.16. The lowest BCUT2D eigenvalue weighted by molar-refractivity contribution is -0.131. The SMILES string of the molecule is Cc1nn(CC(=O)N2CC[C@@H](c3ccccc3F)C2)c(=O)c2ccccc12. The van der Waals surface area contributed by atoms with Gasteiger partial charge in [-0.05, 0) is 31.0 Å². The van der Waals surface area contributed by atoms with Crippen LogP contribution in [0.5, 0.6) is 0 Å². The van der Waals surface area contributed by atoms with E-state index in [9.17, 15) is 14.0 Å². The summed E-state index contributed by atoms with van der Waals surface area (Å²) >= 11 is 0. The number of fused-ring (bicyclic) bond motifs is 1. The minimum Gasteiger partial charge on any atom is -0.340 e. The quantitative estimate of drug-likeness (QED) is 0.717. The Morgan fingerprint density at radius 3 is 2.63 bits per heavy atom. The lowest BCUT2D eigenvalue weighted by atomic mass is 9.98. The molecule has 1 atom stereocenters. The summed E-state index contributed by atoms with van der Waals surface area (Å²) in [4.78, 5) is 27.0. The van der Waals surface area contributed by atoms with Crippen LogP contribution >= 0.6 is 0 Å². The fourth-order valence-electron chi connectivity index (χ4n) is 3.79. The number of hydrogen-bond acceptors (Lipinski definition) is 3. The second kappa shape index (κ2) is 6.95. The van der Waals surface area contributed by atoms with Crippen LogP contribution in [-0.4, -0.2) is 33.7 Å². The van der Waals surface area contributed by atoms with Crippen molar-refractivity contribution in [3.63, 3.8) is 0 Å². The van der Waals surface area contributed by atoms with Gasteiger partial charge in [0.25, 0.3) is 5.56 Å². The molecule has 1 aliphatic rings. The highest BCUT2D eigenvalue weighted by Crippen LogP contribution is 2.29. The molecule has 3 aromatic rings. The first-order chi connectivity index (χ1) is 13.0. The maximum Gasteiger partial charge on any atom is 0.275 e. The number of benzene rings is 2. The van der Waals surface area contributed by atoms with Gasteiger partial charge in [-0.1, -0.05) is 36.4 Å². The molecule has 0 bridgehead atoms. The van der Waals surface area contributed by atoms with E-state index < -0.39 is 0 Å². The third-order valence-corrected chi connectivity index (χ3v) is 5.22. The molecular weight excluding hydrogens is 345 g/mol. The number of aryl methyl sites for hydroxylation is 1. The summed E-state index contributed by atoms with van der Waals surface area (Å²) < 4.78 is 15.2. The van der Waals surface area contributed by atoms with Gasteiger partial charge in [-0.25, -0.2) is 9.07 Å². The second-order valence-corrected chi connectivity index (χ2v) is 6.94. The molecule has 2 aromatic carbocycles. The Kier molecular flexibility index (Phi) is 4.48. The van der Waals surface area contributed by atoms with Crippen molar-refractivity contribution in [2.24, 2.45) is 0 Å². The number of hydrogen-bond donors (Lipinski definition) is 0. The van der Waals surface area contributed by atoms with E-state index in [4.69, 9.17) is 0 Å². The lowest BCUT2D eigenvalue weighted by Gasteiger charge is -2.18. The van der Waals surface area contributed by atoms with Crippen LogP contribution in [0.3, 0.4) is 0 Å². The van der Waals surface area contributed by atoms with E-state index in [0.717, 1.165) is 5.39 Å². The monoisotopic (exact) mass is 365 g/mol. The van der Waals surface area contributed by atoms with E-state index in [-0.39, 0.29) is 29.7 Å². The molecule has 6 heteroatoms. The van der Waals surface area contributed by atoms with Gasteiger partial charge < -0.3 is 4.90 Å². The van der Waals surface area contributed by atoms with Crippen LogP contribution in [0.15, 0.2) is 53.3 Å².